The minimum absolute atomic E-state index is 0.0438. The second-order valence-corrected chi connectivity index (χ2v) is 4.37. The predicted octanol–water partition coefficient (Wildman–Crippen LogP) is 1.51. The summed E-state index contributed by atoms with van der Waals surface area (Å²) in [4.78, 5) is 13.9. The molecule has 0 aromatic carbocycles. The first-order valence-corrected chi connectivity index (χ1v) is 6.19. The maximum atomic E-state index is 12.1. The van der Waals surface area contributed by atoms with Gasteiger partial charge in [0.25, 0.3) is 0 Å². The average molecular weight is 250 g/mol. The van der Waals surface area contributed by atoms with Gasteiger partial charge in [-0.1, -0.05) is 13.0 Å². The molecule has 0 bridgehead atoms. The van der Waals surface area contributed by atoms with E-state index in [2.05, 4.69) is 11.7 Å². The fourth-order valence-corrected chi connectivity index (χ4v) is 1.84. The molecule has 0 spiro atoms. The molecule has 18 heavy (non-hydrogen) atoms. The van der Waals surface area contributed by atoms with Gasteiger partial charge in [-0.3, -0.25) is 9.48 Å². The summed E-state index contributed by atoms with van der Waals surface area (Å²) >= 11 is 0. The lowest BCUT2D eigenvalue weighted by molar-refractivity contribution is -0.131. The third-order valence-electron chi connectivity index (χ3n) is 2.92. The summed E-state index contributed by atoms with van der Waals surface area (Å²) in [6.07, 6.45) is 2.67. The Morgan fingerprint density at radius 1 is 1.56 bits per heavy atom. The van der Waals surface area contributed by atoms with Crippen LogP contribution in [0.1, 0.15) is 24.7 Å². The number of amides is 1. The summed E-state index contributed by atoms with van der Waals surface area (Å²) in [6, 6.07) is 0. The Morgan fingerprint density at radius 2 is 2.22 bits per heavy atom. The molecule has 1 rings (SSSR count). The average Bonchev–Trinajstić information content (AvgIpc) is 2.57. The Kier molecular flexibility index (Phi) is 4.95. The van der Waals surface area contributed by atoms with Gasteiger partial charge in [-0.25, -0.2) is 0 Å². The van der Waals surface area contributed by atoms with Crippen molar-refractivity contribution in [2.75, 3.05) is 18.8 Å². The zero-order valence-electron chi connectivity index (χ0n) is 11.4. The van der Waals surface area contributed by atoms with Gasteiger partial charge < -0.3 is 10.6 Å². The molecule has 1 heterocycles. The molecule has 0 saturated heterocycles. The van der Waals surface area contributed by atoms with Gasteiger partial charge in [0.15, 0.2) is 0 Å². The Bertz CT molecular complexity index is 436. The molecule has 1 aromatic rings. The molecule has 2 N–H and O–H groups in total. The first-order chi connectivity index (χ1) is 8.51. The van der Waals surface area contributed by atoms with Crippen LogP contribution < -0.4 is 5.73 Å². The number of carbonyl (C=O) groups excluding carboxylic acids is 1. The van der Waals surface area contributed by atoms with Gasteiger partial charge in [0.1, 0.15) is 6.54 Å². The summed E-state index contributed by atoms with van der Waals surface area (Å²) < 4.78 is 1.67. The summed E-state index contributed by atoms with van der Waals surface area (Å²) in [6.45, 7) is 11.0. The standard InChI is InChI=1S/C13H22N4O/c1-5-7-16(8-6-2)12(18)9-17-11(4)13(14)10(3)15-17/h5H,1,6-9,14H2,2-4H3. The quantitative estimate of drug-likeness (QED) is 0.778. The summed E-state index contributed by atoms with van der Waals surface area (Å²) in [5.74, 6) is 0.0438. The largest absolute Gasteiger partial charge is 0.396 e. The molecule has 0 saturated carbocycles. The lowest BCUT2D eigenvalue weighted by atomic mass is 10.3. The van der Waals surface area contributed by atoms with Crippen LogP contribution in [0, 0.1) is 13.8 Å². The van der Waals surface area contributed by atoms with Crippen molar-refractivity contribution in [2.24, 2.45) is 0 Å². The Morgan fingerprint density at radius 3 is 2.67 bits per heavy atom. The van der Waals surface area contributed by atoms with Crippen LogP contribution in [0.2, 0.25) is 0 Å². The topological polar surface area (TPSA) is 64.2 Å². The van der Waals surface area contributed by atoms with E-state index in [1.165, 1.54) is 0 Å². The molecule has 0 aliphatic carbocycles. The molecular formula is C13H22N4O. The zero-order valence-corrected chi connectivity index (χ0v) is 11.4. The second-order valence-electron chi connectivity index (χ2n) is 4.37. The van der Waals surface area contributed by atoms with Crippen LogP contribution >= 0.6 is 0 Å². The van der Waals surface area contributed by atoms with E-state index in [-0.39, 0.29) is 12.5 Å². The van der Waals surface area contributed by atoms with Crippen LogP contribution in [0.25, 0.3) is 0 Å². The van der Waals surface area contributed by atoms with Crippen molar-refractivity contribution < 1.29 is 4.79 Å². The molecule has 1 aromatic heterocycles. The number of nitrogen functional groups attached to an aromatic ring is 1. The highest BCUT2D eigenvalue weighted by atomic mass is 16.2. The third-order valence-corrected chi connectivity index (χ3v) is 2.92. The highest BCUT2D eigenvalue weighted by Crippen LogP contribution is 2.14. The van der Waals surface area contributed by atoms with E-state index in [1.54, 1.807) is 15.7 Å². The fraction of sp³-hybridized carbons (Fsp3) is 0.538. The van der Waals surface area contributed by atoms with Gasteiger partial charge in [0.2, 0.25) is 5.91 Å². The third kappa shape index (κ3) is 3.12. The number of hydrogen-bond donors (Lipinski definition) is 1. The van der Waals surface area contributed by atoms with Crippen molar-refractivity contribution in [3.63, 3.8) is 0 Å². The molecule has 1 amide bonds. The lowest BCUT2D eigenvalue weighted by Crippen LogP contribution is -2.35. The maximum Gasteiger partial charge on any atom is 0.244 e. The van der Waals surface area contributed by atoms with Crippen LogP contribution in [0.5, 0.6) is 0 Å². The van der Waals surface area contributed by atoms with Crippen LogP contribution in [-0.4, -0.2) is 33.7 Å². The van der Waals surface area contributed by atoms with Crippen LogP contribution in [0.15, 0.2) is 12.7 Å². The Balaban J connectivity index is 2.78. The van der Waals surface area contributed by atoms with Gasteiger partial charge in [0.05, 0.1) is 17.1 Å². The minimum Gasteiger partial charge on any atom is -0.396 e. The number of aromatic nitrogens is 2. The van der Waals surface area contributed by atoms with E-state index in [9.17, 15) is 4.79 Å². The molecule has 5 nitrogen and oxygen atoms in total. The molecule has 0 aliphatic heterocycles. The molecule has 0 unspecified atom stereocenters. The maximum absolute atomic E-state index is 12.1. The number of aryl methyl sites for hydroxylation is 1. The van der Waals surface area contributed by atoms with Gasteiger partial charge in [-0.05, 0) is 20.3 Å². The highest BCUT2D eigenvalue weighted by Gasteiger charge is 2.15. The highest BCUT2D eigenvalue weighted by molar-refractivity contribution is 5.76. The first-order valence-electron chi connectivity index (χ1n) is 6.19. The zero-order chi connectivity index (χ0) is 13.7. The molecule has 0 radical (unpaired) electrons. The Hall–Kier alpha value is -1.78. The predicted molar refractivity (Wildman–Crippen MR) is 73.2 cm³/mol. The number of carbonyl (C=O) groups is 1. The Labute approximate surface area is 108 Å². The SMILES string of the molecule is C=CCN(CCC)C(=O)Cn1nc(C)c(N)c1C. The van der Waals surface area contributed by atoms with Crippen molar-refractivity contribution in [1.29, 1.82) is 0 Å². The first kappa shape index (κ1) is 14.3. The number of nitrogens with zero attached hydrogens (tertiary/aromatic N) is 3. The van der Waals surface area contributed by atoms with Crippen molar-refractivity contribution in [3.8, 4) is 0 Å². The van der Waals surface area contributed by atoms with E-state index in [4.69, 9.17) is 5.73 Å². The van der Waals surface area contributed by atoms with E-state index >= 15 is 0 Å². The normalized spacial score (nSPS) is 10.4. The molecular weight excluding hydrogens is 228 g/mol. The number of nitrogens with two attached hydrogens (primary N) is 1. The molecule has 0 atom stereocenters. The van der Waals surface area contributed by atoms with E-state index < -0.39 is 0 Å². The van der Waals surface area contributed by atoms with Gasteiger partial charge in [-0.15, -0.1) is 6.58 Å². The summed E-state index contributed by atoms with van der Waals surface area (Å²) in [7, 11) is 0. The monoisotopic (exact) mass is 250 g/mol. The summed E-state index contributed by atoms with van der Waals surface area (Å²) in [5, 5.41) is 4.27. The van der Waals surface area contributed by atoms with Crippen molar-refractivity contribution in [1.82, 2.24) is 14.7 Å². The van der Waals surface area contributed by atoms with E-state index in [1.807, 2.05) is 20.8 Å². The smallest absolute Gasteiger partial charge is 0.244 e. The number of rotatable bonds is 6. The van der Waals surface area contributed by atoms with Crippen LogP contribution in [0.3, 0.4) is 0 Å². The van der Waals surface area contributed by atoms with E-state index in [0.29, 0.717) is 12.2 Å². The number of hydrogen-bond acceptors (Lipinski definition) is 3. The van der Waals surface area contributed by atoms with Gasteiger partial charge in [-0.2, -0.15) is 5.10 Å². The van der Waals surface area contributed by atoms with Crippen molar-refractivity contribution in [3.05, 3.63) is 24.0 Å². The molecule has 5 heteroatoms. The fourth-order valence-electron chi connectivity index (χ4n) is 1.84. The summed E-state index contributed by atoms with van der Waals surface area (Å²) in [5.41, 5.74) is 8.12. The molecule has 0 aliphatic rings. The molecule has 0 fully saturated rings. The van der Waals surface area contributed by atoms with Crippen molar-refractivity contribution in [2.45, 2.75) is 33.7 Å². The number of anilines is 1. The minimum atomic E-state index is 0.0438. The van der Waals surface area contributed by atoms with Crippen LogP contribution in [-0.2, 0) is 11.3 Å². The molecule has 100 valence electrons. The van der Waals surface area contributed by atoms with E-state index in [0.717, 1.165) is 24.4 Å². The van der Waals surface area contributed by atoms with Gasteiger partial charge in [0, 0.05) is 13.1 Å². The van der Waals surface area contributed by atoms with Crippen molar-refractivity contribution >= 4 is 11.6 Å². The van der Waals surface area contributed by atoms with Crippen LogP contribution in [0.4, 0.5) is 5.69 Å². The second kappa shape index (κ2) is 6.23. The van der Waals surface area contributed by atoms with Gasteiger partial charge >= 0.3 is 0 Å². The lowest BCUT2D eigenvalue weighted by Gasteiger charge is -2.20.